The molecule has 1 aromatic carbocycles. The fraction of sp³-hybridized carbons (Fsp3) is 0.273. The molecule has 0 amide bonds. The summed E-state index contributed by atoms with van der Waals surface area (Å²) in [6.07, 6.45) is 0.216. The molecule has 0 spiro atoms. The van der Waals surface area contributed by atoms with Gasteiger partial charge in [0.1, 0.15) is 0 Å². The summed E-state index contributed by atoms with van der Waals surface area (Å²) in [7, 11) is 0. The van der Waals surface area contributed by atoms with Gasteiger partial charge < -0.3 is 9.84 Å². The molecule has 0 aliphatic carbocycles. The fourth-order valence-corrected chi connectivity index (χ4v) is 0.629. The number of carboxylic acid groups (broad SMARTS) is 1. The number of carbonyl (C=O) groups is 2. The van der Waals surface area contributed by atoms with Crippen LogP contribution in [-0.4, -0.2) is 23.7 Å². The number of ether oxygens (including phenoxy) is 1. The second-order valence-corrected chi connectivity index (χ2v) is 2.56. The Morgan fingerprint density at radius 2 is 1.47 bits per heavy atom. The normalized spacial score (nSPS) is 8.33. The van der Waals surface area contributed by atoms with Crippen LogP contribution in [-0.2, 0) is 14.3 Å². The lowest BCUT2D eigenvalue weighted by Crippen LogP contribution is -2.11. The Balaban J connectivity index is 0.000000280. The summed E-state index contributed by atoms with van der Waals surface area (Å²) in [6, 6.07) is 12.0. The smallest absolute Gasteiger partial charge is 0.341 e. The summed E-state index contributed by atoms with van der Waals surface area (Å²) in [6.45, 7) is 1.07. The van der Waals surface area contributed by atoms with Crippen molar-refractivity contribution in [3.63, 3.8) is 0 Å². The largest absolute Gasteiger partial charge is 0.479 e. The molecule has 0 aromatic heterocycles. The van der Waals surface area contributed by atoms with Crippen molar-refractivity contribution in [3.8, 4) is 0 Å². The molecule has 1 aromatic rings. The lowest BCUT2D eigenvalue weighted by Gasteiger charge is -1.95. The van der Waals surface area contributed by atoms with Crippen LogP contribution >= 0.6 is 0 Å². The molecule has 0 heterocycles. The Morgan fingerprint density at radius 3 is 1.73 bits per heavy atom. The predicted molar refractivity (Wildman–Crippen MR) is 55.3 cm³/mol. The van der Waals surface area contributed by atoms with Crippen molar-refractivity contribution in [2.75, 3.05) is 6.61 Å². The van der Waals surface area contributed by atoms with Crippen LogP contribution in [0.3, 0.4) is 0 Å². The van der Waals surface area contributed by atoms with E-state index in [-0.39, 0.29) is 6.42 Å². The maximum absolute atomic E-state index is 10.2. The molecule has 0 aliphatic rings. The molecular weight excluding hydrogens is 196 g/mol. The van der Waals surface area contributed by atoms with Gasteiger partial charge in [0.2, 0.25) is 0 Å². The third-order valence-electron chi connectivity index (χ3n) is 1.31. The minimum absolute atomic E-state index is 0.216. The van der Waals surface area contributed by atoms with Crippen molar-refractivity contribution in [1.82, 2.24) is 0 Å². The number of rotatable bonds is 3. The van der Waals surface area contributed by atoms with Crippen LogP contribution in [0, 0.1) is 0 Å². The first-order valence-electron chi connectivity index (χ1n) is 4.54. The van der Waals surface area contributed by atoms with Crippen LogP contribution in [0.1, 0.15) is 13.3 Å². The van der Waals surface area contributed by atoms with E-state index in [4.69, 9.17) is 5.11 Å². The molecule has 1 N–H and O–H groups in total. The number of carboxylic acids is 1. The Hall–Kier alpha value is -1.84. The van der Waals surface area contributed by atoms with Gasteiger partial charge in [-0.3, -0.25) is 4.79 Å². The summed E-state index contributed by atoms with van der Waals surface area (Å²) in [5.41, 5.74) is 0. The van der Waals surface area contributed by atoms with Crippen molar-refractivity contribution in [1.29, 1.82) is 0 Å². The number of benzene rings is 1. The zero-order valence-electron chi connectivity index (χ0n) is 8.55. The molecule has 0 aliphatic heterocycles. The van der Waals surface area contributed by atoms with Gasteiger partial charge in [0.15, 0.2) is 6.61 Å². The number of carbonyl (C=O) groups excluding carboxylic acids is 1. The maximum atomic E-state index is 10.2. The number of hydrogen-bond donors (Lipinski definition) is 1. The third-order valence-corrected chi connectivity index (χ3v) is 1.31. The Labute approximate surface area is 88.5 Å². The lowest BCUT2D eigenvalue weighted by molar-refractivity contribution is -0.154. The molecular formula is C11H14O4. The van der Waals surface area contributed by atoms with Crippen molar-refractivity contribution in [3.05, 3.63) is 36.4 Å². The van der Waals surface area contributed by atoms with Gasteiger partial charge >= 0.3 is 11.9 Å². The first-order chi connectivity index (χ1) is 7.16. The monoisotopic (exact) mass is 210 g/mol. The Bertz CT molecular complexity index is 255. The highest BCUT2D eigenvalue weighted by Crippen LogP contribution is 1.82. The van der Waals surface area contributed by atoms with Crippen LogP contribution in [0.25, 0.3) is 0 Å². The van der Waals surface area contributed by atoms with Gasteiger partial charge in [-0.05, 0) is 0 Å². The summed E-state index contributed by atoms with van der Waals surface area (Å²) < 4.78 is 4.21. The molecule has 4 nitrogen and oxygen atoms in total. The SMILES string of the molecule is CCC(=O)OCC(=O)O.c1ccccc1. The number of aliphatic carboxylic acids is 1. The molecule has 0 fully saturated rings. The Morgan fingerprint density at radius 1 is 1.07 bits per heavy atom. The summed E-state index contributed by atoms with van der Waals surface area (Å²) in [4.78, 5) is 20.0. The van der Waals surface area contributed by atoms with Gasteiger partial charge in [0, 0.05) is 6.42 Å². The average Bonchev–Trinajstić information content (AvgIpc) is 2.29. The lowest BCUT2D eigenvalue weighted by atomic mass is 10.4. The highest BCUT2D eigenvalue weighted by atomic mass is 16.5. The topological polar surface area (TPSA) is 63.6 Å². The van der Waals surface area contributed by atoms with Gasteiger partial charge in [-0.15, -0.1) is 0 Å². The number of hydrogen-bond acceptors (Lipinski definition) is 3. The van der Waals surface area contributed by atoms with Crippen LogP contribution in [0.2, 0.25) is 0 Å². The maximum Gasteiger partial charge on any atom is 0.341 e. The molecule has 0 saturated heterocycles. The van der Waals surface area contributed by atoms with Crippen LogP contribution in [0.5, 0.6) is 0 Å². The zero-order chi connectivity index (χ0) is 11.5. The highest BCUT2D eigenvalue weighted by molar-refractivity contribution is 5.74. The van der Waals surface area contributed by atoms with E-state index in [1.807, 2.05) is 36.4 Å². The number of esters is 1. The fourth-order valence-electron chi connectivity index (χ4n) is 0.629. The molecule has 1 rings (SSSR count). The van der Waals surface area contributed by atoms with Gasteiger partial charge in [0.25, 0.3) is 0 Å². The van der Waals surface area contributed by atoms with Crippen LogP contribution in [0.15, 0.2) is 36.4 Å². The molecule has 0 unspecified atom stereocenters. The second kappa shape index (κ2) is 8.74. The van der Waals surface area contributed by atoms with E-state index in [1.165, 1.54) is 0 Å². The summed E-state index contributed by atoms with van der Waals surface area (Å²) in [5.74, 6) is -1.62. The van der Waals surface area contributed by atoms with Gasteiger partial charge in [0.05, 0.1) is 0 Å². The molecule has 82 valence electrons. The van der Waals surface area contributed by atoms with Crippen LogP contribution in [0.4, 0.5) is 0 Å². The summed E-state index contributed by atoms with van der Waals surface area (Å²) in [5, 5.41) is 7.98. The third kappa shape index (κ3) is 10.1. The molecule has 0 atom stereocenters. The Kier molecular flexibility index (Phi) is 7.67. The van der Waals surface area contributed by atoms with E-state index in [9.17, 15) is 9.59 Å². The zero-order valence-corrected chi connectivity index (χ0v) is 8.55. The summed E-state index contributed by atoms with van der Waals surface area (Å²) >= 11 is 0. The van der Waals surface area contributed by atoms with Gasteiger partial charge in [-0.2, -0.15) is 0 Å². The van der Waals surface area contributed by atoms with Crippen LogP contribution < -0.4 is 0 Å². The quantitative estimate of drug-likeness (QED) is 0.771. The van der Waals surface area contributed by atoms with Crippen molar-refractivity contribution in [2.45, 2.75) is 13.3 Å². The molecule has 4 heteroatoms. The first kappa shape index (κ1) is 13.2. The molecule has 0 bridgehead atoms. The standard InChI is InChI=1S/C6H6.C5H8O4/c1-2-4-6-5-3-1;1-2-5(8)9-3-4(6)7/h1-6H;2-3H2,1H3,(H,6,7). The molecule has 0 saturated carbocycles. The van der Waals surface area contributed by atoms with Crippen molar-refractivity contribution < 1.29 is 19.4 Å². The minimum atomic E-state index is -1.13. The second-order valence-electron chi connectivity index (χ2n) is 2.56. The van der Waals surface area contributed by atoms with E-state index in [1.54, 1.807) is 6.92 Å². The average molecular weight is 210 g/mol. The van der Waals surface area contributed by atoms with Crippen molar-refractivity contribution >= 4 is 11.9 Å². The highest BCUT2D eigenvalue weighted by Gasteiger charge is 2.00. The van der Waals surface area contributed by atoms with E-state index in [0.29, 0.717) is 0 Å². The van der Waals surface area contributed by atoms with E-state index in [2.05, 4.69) is 4.74 Å². The van der Waals surface area contributed by atoms with Crippen molar-refractivity contribution in [2.24, 2.45) is 0 Å². The van der Waals surface area contributed by atoms with E-state index >= 15 is 0 Å². The van der Waals surface area contributed by atoms with Gasteiger partial charge in [-0.1, -0.05) is 43.3 Å². The van der Waals surface area contributed by atoms with E-state index in [0.717, 1.165) is 0 Å². The molecule has 0 radical (unpaired) electrons. The van der Waals surface area contributed by atoms with E-state index < -0.39 is 18.5 Å². The van der Waals surface area contributed by atoms with Gasteiger partial charge in [-0.25, -0.2) is 4.79 Å². The minimum Gasteiger partial charge on any atom is -0.479 e. The molecule has 15 heavy (non-hydrogen) atoms. The first-order valence-corrected chi connectivity index (χ1v) is 4.54. The predicted octanol–water partition coefficient (Wildman–Crippen LogP) is 1.71.